The van der Waals surface area contributed by atoms with Gasteiger partial charge >= 0.3 is 0 Å². The molecule has 0 saturated heterocycles. The predicted octanol–water partition coefficient (Wildman–Crippen LogP) is 2.34. The lowest BCUT2D eigenvalue weighted by molar-refractivity contribution is -0.117. The van der Waals surface area contributed by atoms with Gasteiger partial charge in [-0.15, -0.1) is 0 Å². The maximum absolute atomic E-state index is 12.4. The van der Waals surface area contributed by atoms with Crippen molar-refractivity contribution in [1.82, 2.24) is 19.7 Å². The smallest absolute Gasteiger partial charge is 0.229 e. The molecule has 0 bridgehead atoms. The van der Waals surface area contributed by atoms with E-state index in [9.17, 15) is 4.79 Å². The first kappa shape index (κ1) is 14.9. The molecule has 4 rings (SSSR count). The molecule has 7 nitrogen and oxygen atoms in total. The molecule has 3 aromatic rings. The Balaban J connectivity index is 1.51. The zero-order valence-corrected chi connectivity index (χ0v) is 13.7. The highest BCUT2D eigenvalue weighted by molar-refractivity contribution is 6.30. The van der Waals surface area contributed by atoms with Gasteiger partial charge in [-0.2, -0.15) is 5.10 Å². The number of aryl methyl sites for hydroxylation is 1. The van der Waals surface area contributed by atoms with Crippen molar-refractivity contribution < 1.29 is 4.79 Å². The molecule has 3 N–H and O–H groups in total. The maximum atomic E-state index is 12.4. The molecule has 1 aliphatic carbocycles. The van der Waals surface area contributed by atoms with Crippen LogP contribution in [-0.4, -0.2) is 25.7 Å². The van der Waals surface area contributed by atoms with Crippen LogP contribution >= 0.6 is 11.6 Å². The molecule has 0 unspecified atom stereocenters. The number of amides is 1. The zero-order valence-electron chi connectivity index (χ0n) is 12.9. The van der Waals surface area contributed by atoms with Crippen LogP contribution in [0.15, 0.2) is 30.7 Å². The Bertz CT molecular complexity index is 953. The number of anilines is 2. The molecule has 2 atom stereocenters. The van der Waals surface area contributed by atoms with Gasteiger partial charge in [-0.25, -0.2) is 9.97 Å². The number of nitrogens with two attached hydrogens (primary N) is 1. The number of hydrogen-bond donors (Lipinski definition) is 2. The van der Waals surface area contributed by atoms with Crippen LogP contribution in [-0.2, 0) is 11.8 Å². The van der Waals surface area contributed by atoms with E-state index in [1.807, 2.05) is 19.4 Å². The number of fused-ring (bicyclic) bond motifs is 1. The Labute approximate surface area is 142 Å². The van der Waals surface area contributed by atoms with E-state index < -0.39 is 0 Å². The van der Waals surface area contributed by atoms with Gasteiger partial charge in [0.2, 0.25) is 5.91 Å². The van der Waals surface area contributed by atoms with Gasteiger partial charge in [0, 0.05) is 30.7 Å². The first-order valence-corrected chi connectivity index (χ1v) is 7.90. The van der Waals surface area contributed by atoms with Crippen molar-refractivity contribution in [2.45, 2.75) is 12.3 Å². The summed E-state index contributed by atoms with van der Waals surface area (Å²) in [6, 6.07) is 3.44. The van der Waals surface area contributed by atoms with Gasteiger partial charge in [-0.3, -0.25) is 9.48 Å². The third kappa shape index (κ3) is 2.67. The molecule has 0 aliphatic heterocycles. The molecule has 0 spiro atoms. The summed E-state index contributed by atoms with van der Waals surface area (Å²) >= 11 is 5.92. The topological polar surface area (TPSA) is 98.7 Å². The number of carbonyl (C=O) groups excluding carboxylic acids is 1. The normalized spacial score (nSPS) is 19.4. The fraction of sp³-hybridized carbons (Fsp3) is 0.250. The van der Waals surface area contributed by atoms with Gasteiger partial charge in [0.25, 0.3) is 0 Å². The minimum absolute atomic E-state index is 0.0381. The lowest BCUT2D eigenvalue weighted by Crippen LogP contribution is -2.15. The highest BCUT2D eigenvalue weighted by Gasteiger charge is 2.44. The monoisotopic (exact) mass is 342 g/mol. The summed E-state index contributed by atoms with van der Waals surface area (Å²) in [6.07, 6.45) is 6.18. The maximum Gasteiger partial charge on any atom is 0.229 e. The Hall–Kier alpha value is -2.67. The van der Waals surface area contributed by atoms with Crippen LogP contribution < -0.4 is 11.1 Å². The molecule has 3 heterocycles. The largest absolute Gasteiger partial charge is 0.383 e. The van der Waals surface area contributed by atoms with Crippen molar-refractivity contribution in [3.8, 4) is 0 Å². The van der Waals surface area contributed by atoms with E-state index in [1.54, 1.807) is 23.0 Å². The van der Waals surface area contributed by atoms with Crippen LogP contribution in [0.1, 0.15) is 17.9 Å². The van der Waals surface area contributed by atoms with E-state index in [4.69, 9.17) is 17.3 Å². The van der Waals surface area contributed by atoms with Gasteiger partial charge in [0.05, 0.1) is 6.20 Å². The number of pyridine rings is 2. The Morgan fingerprint density at radius 3 is 3.00 bits per heavy atom. The number of hydrogen-bond acceptors (Lipinski definition) is 5. The average Bonchev–Trinajstić information content (AvgIpc) is 3.21. The van der Waals surface area contributed by atoms with Crippen molar-refractivity contribution in [2.75, 3.05) is 11.1 Å². The molecule has 122 valence electrons. The zero-order chi connectivity index (χ0) is 16.8. The summed E-state index contributed by atoms with van der Waals surface area (Å²) in [5, 5.41) is 8.81. The number of nitrogen functional groups attached to an aromatic ring is 1. The first-order chi connectivity index (χ1) is 11.5. The van der Waals surface area contributed by atoms with Gasteiger partial charge in [-0.05, 0) is 35.4 Å². The van der Waals surface area contributed by atoms with Gasteiger partial charge < -0.3 is 11.1 Å². The van der Waals surface area contributed by atoms with E-state index in [-0.39, 0.29) is 17.7 Å². The molecule has 1 amide bonds. The summed E-state index contributed by atoms with van der Waals surface area (Å²) < 4.78 is 1.75. The summed E-state index contributed by atoms with van der Waals surface area (Å²) in [5.74, 6) is 0.947. The number of nitrogens with zero attached hydrogens (tertiary/aromatic N) is 4. The molecule has 0 aromatic carbocycles. The summed E-state index contributed by atoms with van der Waals surface area (Å²) in [7, 11) is 1.87. The number of nitrogens with one attached hydrogen (secondary N) is 1. The van der Waals surface area contributed by atoms with Crippen LogP contribution in [0.2, 0.25) is 5.15 Å². The standard InChI is InChI=1S/C16H15ClN6O/c1-23-7-9(5-20-23)10-4-11(10)16(24)22-14-3-8-2-13(17)21-15(18)12(8)6-19-14/h2-3,5-7,10-11H,4H2,1H3,(H2,18,21)(H,19,22,24)/t10-,11+/m0/s1. The second-order valence-electron chi connectivity index (χ2n) is 6.01. The third-order valence-corrected chi connectivity index (χ3v) is 4.44. The van der Waals surface area contributed by atoms with Crippen molar-refractivity contribution in [1.29, 1.82) is 0 Å². The van der Waals surface area contributed by atoms with E-state index >= 15 is 0 Å². The minimum atomic E-state index is -0.0437. The van der Waals surface area contributed by atoms with Crippen molar-refractivity contribution >= 4 is 39.9 Å². The Kier molecular flexibility index (Phi) is 3.38. The fourth-order valence-electron chi connectivity index (χ4n) is 2.91. The summed E-state index contributed by atoms with van der Waals surface area (Å²) in [6.45, 7) is 0. The van der Waals surface area contributed by atoms with Crippen LogP contribution in [0.4, 0.5) is 11.6 Å². The third-order valence-electron chi connectivity index (χ3n) is 4.25. The fourth-order valence-corrected chi connectivity index (χ4v) is 3.12. The van der Waals surface area contributed by atoms with E-state index in [0.29, 0.717) is 22.2 Å². The second-order valence-corrected chi connectivity index (χ2v) is 6.39. The van der Waals surface area contributed by atoms with Gasteiger partial charge in [-0.1, -0.05) is 11.6 Å². The van der Waals surface area contributed by atoms with E-state index in [0.717, 1.165) is 17.4 Å². The molecule has 1 aliphatic rings. The molecule has 24 heavy (non-hydrogen) atoms. The number of halogens is 1. The Morgan fingerprint density at radius 1 is 1.42 bits per heavy atom. The van der Waals surface area contributed by atoms with Crippen molar-refractivity contribution in [3.63, 3.8) is 0 Å². The van der Waals surface area contributed by atoms with Gasteiger partial charge in [0.15, 0.2) is 0 Å². The number of aromatic nitrogens is 4. The van der Waals surface area contributed by atoms with Gasteiger partial charge in [0.1, 0.15) is 16.8 Å². The molecule has 0 radical (unpaired) electrons. The first-order valence-electron chi connectivity index (χ1n) is 7.52. The van der Waals surface area contributed by atoms with Crippen LogP contribution in [0, 0.1) is 5.92 Å². The van der Waals surface area contributed by atoms with Crippen LogP contribution in [0.3, 0.4) is 0 Å². The quantitative estimate of drug-likeness (QED) is 0.712. The van der Waals surface area contributed by atoms with E-state index in [2.05, 4.69) is 20.4 Å². The summed E-state index contributed by atoms with van der Waals surface area (Å²) in [4.78, 5) is 20.6. The highest BCUT2D eigenvalue weighted by atomic mass is 35.5. The number of carbonyl (C=O) groups is 1. The average molecular weight is 343 g/mol. The number of rotatable bonds is 3. The lowest BCUT2D eigenvalue weighted by atomic mass is 10.2. The molecule has 8 heteroatoms. The highest BCUT2D eigenvalue weighted by Crippen LogP contribution is 2.47. The second kappa shape index (κ2) is 5.45. The lowest BCUT2D eigenvalue weighted by Gasteiger charge is -2.07. The Morgan fingerprint density at radius 2 is 2.25 bits per heavy atom. The minimum Gasteiger partial charge on any atom is -0.383 e. The predicted molar refractivity (Wildman–Crippen MR) is 91.6 cm³/mol. The van der Waals surface area contributed by atoms with Crippen LogP contribution in [0.25, 0.3) is 10.8 Å². The van der Waals surface area contributed by atoms with Crippen LogP contribution in [0.5, 0.6) is 0 Å². The molecule has 1 fully saturated rings. The molecule has 3 aromatic heterocycles. The summed E-state index contributed by atoms with van der Waals surface area (Å²) in [5.41, 5.74) is 6.91. The molecule has 1 saturated carbocycles. The SMILES string of the molecule is Cn1cc([C@@H]2C[C@H]2C(=O)Nc2cc3cc(Cl)nc(N)c3cn2)cn1. The molecular formula is C16H15ClN6O. The van der Waals surface area contributed by atoms with Crippen molar-refractivity contribution in [2.24, 2.45) is 13.0 Å². The van der Waals surface area contributed by atoms with E-state index in [1.165, 1.54) is 0 Å². The molecular weight excluding hydrogens is 328 g/mol. The van der Waals surface area contributed by atoms with Crippen molar-refractivity contribution in [3.05, 3.63) is 41.4 Å².